The fourth-order valence-electron chi connectivity index (χ4n) is 3.51. The Hall–Kier alpha value is -2.37. The van der Waals surface area contributed by atoms with Crippen molar-refractivity contribution in [1.82, 2.24) is 9.80 Å². The van der Waals surface area contributed by atoms with Crippen molar-refractivity contribution in [2.75, 3.05) is 51.2 Å². The number of hydrogen-bond acceptors (Lipinski definition) is 4. The number of nitrogens with zero attached hydrogens (tertiary/aromatic N) is 2. The Morgan fingerprint density at radius 2 is 1.66 bits per heavy atom. The molecule has 0 unspecified atom stereocenters. The van der Waals surface area contributed by atoms with Gasteiger partial charge in [0.15, 0.2) is 0 Å². The van der Waals surface area contributed by atoms with Gasteiger partial charge in [-0.2, -0.15) is 0 Å². The lowest BCUT2D eigenvalue weighted by Gasteiger charge is -2.34. The number of amides is 1. The number of piperazine rings is 1. The lowest BCUT2D eigenvalue weighted by atomic mass is 9.99. The summed E-state index contributed by atoms with van der Waals surface area (Å²) in [6.07, 6.45) is 1.12. The van der Waals surface area contributed by atoms with E-state index in [2.05, 4.69) is 41.1 Å². The molecule has 5 heteroatoms. The maximum Gasteiger partial charge on any atom is 0.238 e. The highest BCUT2D eigenvalue weighted by Gasteiger charge is 2.19. The van der Waals surface area contributed by atoms with Crippen molar-refractivity contribution in [2.24, 2.45) is 0 Å². The molecule has 156 valence electrons. The Morgan fingerprint density at radius 3 is 2.31 bits per heavy atom. The predicted molar refractivity (Wildman–Crippen MR) is 119 cm³/mol. The largest absolute Gasteiger partial charge is 0.492 e. The molecule has 0 saturated carbocycles. The molecule has 1 heterocycles. The first-order chi connectivity index (χ1) is 14.1. The van der Waals surface area contributed by atoms with E-state index in [4.69, 9.17) is 4.74 Å². The van der Waals surface area contributed by atoms with Gasteiger partial charge in [0.05, 0.1) is 6.54 Å². The number of hydrogen-bond donors (Lipinski definition) is 1. The van der Waals surface area contributed by atoms with E-state index in [1.165, 1.54) is 5.56 Å². The number of benzene rings is 2. The summed E-state index contributed by atoms with van der Waals surface area (Å²) in [5, 5.41) is 3.02. The highest BCUT2D eigenvalue weighted by atomic mass is 16.5. The smallest absolute Gasteiger partial charge is 0.238 e. The predicted octanol–water partition coefficient (Wildman–Crippen LogP) is 3.84. The monoisotopic (exact) mass is 395 g/mol. The molecule has 1 N–H and O–H groups in total. The third-order valence-electron chi connectivity index (χ3n) is 5.63. The second-order valence-corrected chi connectivity index (χ2v) is 7.76. The first kappa shape index (κ1) is 21.3. The summed E-state index contributed by atoms with van der Waals surface area (Å²) >= 11 is 0. The van der Waals surface area contributed by atoms with E-state index in [1.807, 2.05) is 42.5 Å². The van der Waals surface area contributed by atoms with Crippen LogP contribution >= 0.6 is 0 Å². The third kappa shape index (κ3) is 6.87. The number of carbonyl (C=O) groups excluding carboxylic acids is 1. The quantitative estimate of drug-likeness (QED) is 0.701. The molecule has 0 bridgehead atoms. The van der Waals surface area contributed by atoms with Crippen LogP contribution in [0.15, 0.2) is 54.6 Å². The van der Waals surface area contributed by atoms with E-state index in [1.54, 1.807) is 0 Å². The van der Waals surface area contributed by atoms with Gasteiger partial charge in [-0.25, -0.2) is 0 Å². The minimum Gasteiger partial charge on any atom is -0.492 e. The topological polar surface area (TPSA) is 44.8 Å². The average molecular weight is 396 g/mol. The molecule has 2 aromatic rings. The average Bonchev–Trinajstić information content (AvgIpc) is 2.75. The molecule has 1 aliphatic rings. The minimum absolute atomic E-state index is 0.0575. The van der Waals surface area contributed by atoms with Crippen LogP contribution in [0.4, 0.5) is 5.69 Å². The Morgan fingerprint density at radius 1 is 1.00 bits per heavy atom. The maximum absolute atomic E-state index is 12.4. The lowest BCUT2D eigenvalue weighted by molar-refractivity contribution is -0.117. The van der Waals surface area contributed by atoms with Crippen LogP contribution in [0, 0.1) is 0 Å². The van der Waals surface area contributed by atoms with Crippen molar-refractivity contribution in [3.8, 4) is 5.75 Å². The van der Waals surface area contributed by atoms with E-state index in [-0.39, 0.29) is 5.91 Å². The fraction of sp³-hybridized carbons (Fsp3) is 0.458. The number of para-hydroxylation sites is 1. The Bertz CT molecular complexity index is 740. The first-order valence-electron chi connectivity index (χ1n) is 10.7. The Kier molecular flexibility index (Phi) is 8.08. The molecule has 0 aliphatic carbocycles. The van der Waals surface area contributed by atoms with E-state index in [9.17, 15) is 4.79 Å². The van der Waals surface area contributed by atoms with Gasteiger partial charge in [-0.15, -0.1) is 0 Å². The van der Waals surface area contributed by atoms with Crippen molar-refractivity contribution in [1.29, 1.82) is 0 Å². The van der Waals surface area contributed by atoms with Gasteiger partial charge in [-0.05, 0) is 42.2 Å². The summed E-state index contributed by atoms with van der Waals surface area (Å²) in [4.78, 5) is 17.0. The van der Waals surface area contributed by atoms with Gasteiger partial charge in [-0.1, -0.05) is 44.2 Å². The summed E-state index contributed by atoms with van der Waals surface area (Å²) in [6.45, 7) is 10.2. The minimum atomic E-state index is 0.0575. The van der Waals surface area contributed by atoms with E-state index in [0.717, 1.165) is 50.6 Å². The molecule has 1 atom stereocenters. The second-order valence-electron chi connectivity index (χ2n) is 7.76. The summed E-state index contributed by atoms with van der Waals surface area (Å²) in [7, 11) is 0. The van der Waals surface area contributed by atoms with Gasteiger partial charge < -0.3 is 10.1 Å². The number of ether oxygens (including phenoxy) is 1. The van der Waals surface area contributed by atoms with Crippen LogP contribution in [0.2, 0.25) is 0 Å². The van der Waals surface area contributed by atoms with Crippen LogP contribution < -0.4 is 10.1 Å². The van der Waals surface area contributed by atoms with Crippen LogP contribution in [-0.2, 0) is 4.79 Å². The molecule has 1 amide bonds. The maximum atomic E-state index is 12.4. The van der Waals surface area contributed by atoms with Gasteiger partial charge in [0.25, 0.3) is 0 Å². The van der Waals surface area contributed by atoms with Crippen molar-refractivity contribution in [3.63, 3.8) is 0 Å². The molecular weight excluding hydrogens is 362 g/mol. The number of rotatable bonds is 9. The van der Waals surface area contributed by atoms with Crippen LogP contribution in [0.25, 0.3) is 0 Å². The SMILES string of the molecule is CC[C@H](C)c1ccc(NC(=O)CN2CCN(CCOc3ccccc3)CC2)cc1. The molecule has 2 aromatic carbocycles. The van der Waals surface area contributed by atoms with Crippen molar-refractivity contribution < 1.29 is 9.53 Å². The van der Waals surface area contributed by atoms with Crippen molar-refractivity contribution in [2.45, 2.75) is 26.2 Å². The molecule has 5 nitrogen and oxygen atoms in total. The molecule has 1 fully saturated rings. The summed E-state index contributed by atoms with van der Waals surface area (Å²) in [5.74, 6) is 1.52. The summed E-state index contributed by atoms with van der Waals surface area (Å²) < 4.78 is 5.78. The molecule has 3 rings (SSSR count). The zero-order chi connectivity index (χ0) is 20.5. The number of carbonyl (C=O) groups is 1. The molecular formula is C24H33N3O2. The van der Waals surface area contributed by atoms with Crippen LogP contribution in [0.1, 0.15) is 31.7 Å². The van der Waals surface area contributed by atoms with Crippen LogP contribution in [0.3, 0.4) is 0 Å². The van der Waals surface area contributed by atoms with Gasteiger partial charge in [-0.3, -0.25) is 14.6 Å². The summed E-state index contributed by atoms with van der Waals surface area (Å²) in [6, 6.07) is 18.2. The molecule has 0 aromatic heterocycles. The van der Waals surface area contributed by atoms with Crippen molar-refractivity contribution in [3.05, 3.63) is 60.2 Å². The third-order valence-corrected chi connectivity index (χ3v) is 5.63. The number of anilines is 1. The zero-order valence-electron chi connectivity index (χ0n) is 17.6. The van der Waals surface area contributed by atoms with Crippen molar-refractivity contribution >= 4 is 11.6 Å². The van der Waals surface area contributed by atoms with E-state index >= 15 is 0 Å². The number of nitrogens with one attached hydrogen (secondary N) is 1. The highest BCUT2D eigenvalue weighted by molar-refractivity contribution is 5.92. The van der Waals surface area contributed by atoms with E-state index in [0.29, 0.717) is 19.1 Å². The Balaban J connectivity index is 1.34. The zero-order valence-corrected chi connectivity index (χ0v) is 17.6. The van der Waals surface area contributed by atoms with Crippen LogP contribution in [0.5, 0.6) is 5.75 Å². The summed E-state index contributed by atoms with van der Waals surface area (Å²) in [5.41, 5.74) is 2.19. The van der Waals surface area contributed by atoms with Gasteiger partial charge in [0.2, 0.25) is 5.91 Å². The van der Waals surface area contributed by atoms with E-state index < -0.39 is 0 Å². The van der Waals surface area contributed by atoms with Gasteiger partial charge in [0.1, 0.15) is 12.4 Å². The molecule has 1 aliphatic heterocycles. The normalized spacial score (nSPS) is 16.3. The standard InChI is InChI=1S/C24H33N3O2/c1-3-20(2)21-9-11-22(12-10-21)25-24(28)19-27-15-13-26(14-16-27)17-18-29-23-7-5-4-6-8-23/h4-12,20H,3,13-19H2,1-2H3,(H,25,28)/t20-/m0/s1. The molecule has 29 heavy (non-hydrogen) atoms. The molecule has 0 spiro atoms. The van der Waals surface area contributed by atoms with Gasteiger partial charge in [0, 0.05) is 38.4 Å². The molecule has 0 radical (unpaired) electrons. The molecule has 1 saturated heterocycles. The highest BCUT2D eigenvalue weighted by Crippen LogP contribution is 2.20. The second kappa shape index (κ2) is 11.0. The Labute approximate surface area is 174 Å². The fourth-order valence-corrected chi connectivity index (χ4v) is 3.51. The first-order valence-corrected chi connectivity index (χ1v) is 10.7. The lowest BCUT2D eigenvalue weighted by Crippen LogP contribution is -2.49. The van der Waals surface area contributed by atoms with Crippen LogP contribution in [-0.4, -0.2) is 61.6 Å². The van der Waals surface area contributed by atoms with Gasteiger partial charge >= 0.3 is 0 Å².